The average Bonchev–Trinajstić information content (AvgIpc) is 2.39. The highest BCUT2D eigenvalue weighted by molar-refractivity contribution is 5.68. The normalized spacial score (nSPS) is 26.7. The molecule has 2 fully saturated rings. The fraction of sp³-hybridized carbons (Fsp3) is 0.917. The Morgan fingerprint density at radius 3 is 2.07 bits per heavy atom. The second-order valence-corrected chi connectivity index (χ2v) is 5.05. The maximum Gasteiger partial charge on any atom is 0.305 e. The maximum absolute atomic E-state index is 10.9. The van der Waals surface area contributed by atoms with Crippen LogP contribution in [0.1, 0.15) is 51.4 Å². The summed E-state index contributed by atoms with van der Waals surface area (Å²) in [6.07, 6.45) is 8.90. The van der Waals surface area contributed by atoms with Crippen LogP contribution < -0.4 is 0 Å². The van der Waals surface area contributed by atoms with Crippen molar-refractivity contribution in [2.75, 3.05) is 13.1 Å². The zero-order chi connectivity index (χ0) is 10.7. The first-order valence-electron chi connectivity index (χ1n) is 6.20. The van der Waals surface area contributed by atoms with E-state index >= 15 is 0 Å². The Hall–Kier alpha value is -0.570. The number of hydrogen-bond donors (Lipinski definition) is 1. The van der Waals surface area contributed by atoms with Gasteiger partial charge in [0.2, 0.25) is 0 Å². The third kappa shape index (κ3) is 2.33. The largest absolute Gasteiger partial charge is 0.481 e. The highest BCUT2D eigenvalue weighted by Crippen LogP contribution is 2.41. The predicted molar refractivity (Wildman–Crippen MR) is 58.9 cm³/mol. The fourth-order valence-corrected chi connectivity index (χ4v) is 3.02. The van der Waals surface area contributed by atoms with Gasteiger partial charge in [0.25, 0.3) is 0 Å². The van der Waals surface area contributed by atoms with Crippen LogP contribution in [0.3, 0.4) is 0 Å². The quantitative estimate of drug-likeness (QED) is 0.778. The molecule has 3 nitrogen and oxygen atoms in total. The first-order chi connectivity index (χ1) is 7.23. The van der Waals surface area contributed by atoms with Gasteiger partial charge in [0.05, 0.1) is 6.42 Å². The average molecular weight is 211 g/mol. The van der Waals surface area contributed by atoms with Crippen LogP contribution in [-0.2, 0) is 4.79 Å². The molecule has 0 bridgehead atoms. The van der Waals surface area contributed by atoms with E-state index in [1.54, 1.807) is 0 Å². The smallest absolute Gasteiger partial charge is 0.305 e. The number of carbonyl (C=O) groups is 1. The molecule has 0 amide bonds. The van der Waals surface area contributed by atoms with Crippen molar-refractivity contribution in [3.05, 3.63) is 0 Å². The van der Waals surface area contributed by atoms with Crippen LogP contribution in [0.5, 0.6) is 0 Å². The molecule has 1 saturated carbocycles. The van der Waals surface area contributed by atoms with Gasteiger partial charge < -0.3 is 5.11 Å². The van der Waals surface area contributed by atoms with Crippen molar-refractivity contribution in [2.45, 2.75) is 56.9 Å². The van der Waals surface area contributed by atoms with Gasteiger partial charge in [-0.3, -0.25) is 9.69 Å². The fourth-order valence-electron chi connectivity index (χ4n) is 3.02. The molecule has 0 atom stereocenters. The SMILES string of the molecule is O=C(O)CC1(N2CCCCCC2)CCC1. The minimum absolute atomic E-state index is 0.0379. The summed E-state index contributed by atoms with van der Waals surface area (Å²) in [5.74, 6) is -0.626. The Balaban J connectivity index is 2.00. The van der Waals surface area contributed by atoms with E-state index in [4.69, 9.17) is 5.11 Å². The van der Waals surface area contributed by atoms with Gasteiger partial charge in [-0.25, -0.2) is 0 Å². The number of likely N-dealkylation sites (tertiary alicyclic amines) is 1. The molecule has 0 radical (unpaired) electrons. The molecule has 1 saturated heterocycles. The summed E-state index contributed by atoms with van der Waals surface area (Å²) in [7, 11) is 0. The van der Waals surface area contributed by atoms with Gasteiger partial charge in [0.15, 0.2) is 0 Å². The Morgan fingerprint density at radius 2 is 1.67 bits per heavy atom. The summed E-state index contributed by atoms with van der Waals surface area (Å²) < 4.78 is 0. The van der Waals surface area contributed by atoms with Gasteiger partial charge >= 0.3 is 5.97 Å². The number of hydrogen-bond acceptors (Lipinski definition) is 2. The van der Waals surface area contributed by atoms with Crippen molar-refractivity contribution in [1.29, 1.82) is 0 Å². The summed E-state index contributed by atoms with van der Waals surface area (Å²) in [4.78, 5) is 13.4. The van der Waals surface area contributed by atoms with Gasteiger partial charge in [-0.2, -0.15) is 0 Å². The lowest BCUT2D eigenvalue weighted by molar-refractivity contribution is -0.142. The van der Waals surface area contributed by atoms with Crippen LogP contribution in [0.2, 0.25) is 0 Å². The van der Waals surface area contributed by atoms with Crippen LogP contribution >= 0.6 is 0 Å². The lowest BCUT2D eigenvalue weighted by atomic mass is 9.72. The molecular weight excluding hydrogens is 190 g/mol. The molecule has 0 aromatic carbocycles. The minimum Gasteiger partial charge on any atom is -0.481 e. The topological polar surface area (TPSA) is 40.5 Å². The molecule has 2 rings (SSSR count). The predicted octanol–water partition coefficient (Wildman–Crippen LogP) is 2.26. The van der Waals surface area contributed by atoms with Crippen LogP contribution in [-0.4, -0.2) is 34.6 Å². The first-order valence-corrected chi connectivity index (χ1v) is 6.20. The van der Waals surface area contributed by atoms with Crippen molar-refractivity contribution in [1.82, 2.24) is 4.90 Å². The van der Waals surface area contributed by atoms with Crippen molar-refractivity contribution >= 4 is 5.97 Å². The summed E-state index contributed by atoms with van der Waals surface area (Å²) in [6, 6.07) is 0. The van der Waals surface area contributed by atoms with E-state index < -0.39 is 5.97 Å². The molecule has 1 N–H and O–H groups in total. The lowest BCUT2D eigenvalue weighted by Gasteiger charge is -2.49. The molecule has 0 unspecified atom stereocenters. The third-order valence-corrected chi connectivity index (χ3v) is 4.04. The Bertz CT molecular complexity index is 228. The number of carboxylic acids is 1. The van der Waals surface area contributed by atoms with Crippen LogP contribution in [0.4, 0.5) is 0 Å². The van der Waals surface area contributed by atoms with Crippen molar-refractivity contribution < 1.29 is 9.90 Å². The van der Waals surface area contributed by atoms with Crippen LogP contribution in [0.15, 0.2) is 0 Å². The molecule has 1 aliphatic carbocycles. The second kappa shape index (κ2) is 4.52. The van der Waals surface area contributed by atoms with E-state index in [1.165, 1.54) is 32.1 Å². The first kappa shape index (κ1) is 10.9. The van der Waals surface area contributed by atoms with Crippen molar-refractivity contribution in [3.8, 4) is 0 Å². The van der Waals surface area contributed by atoms with E-state index in [1.807, 2.05) is 0 Å². The van der Waals surface area contributed by atoms with Crippen molar-refractivity contribution in [2.24, 2.45) is 0 Å². The molecule has 1 heterocycles. The monoisotopic (exact) mass is 211 g/mol. The van der Waals surface area contributed by atoms with Gasteiger partial charge in [-0.05, 0) is 45.2 Å². The van der Waals surface area contributed by atoms with Gasteiger partial charge in [-0.1, -0.05) is 12.8 Å². The molecule has 2 aliphatic rings. The van der Waals surface area contributed by atoms with Crippen LogP contribution in [0.25, 0.3) is 0 Å². The van der Waals surface area contributed by atoms with E-state index in [-0.39, 0.29) is 5.54 Å². The molecule has 0 aromatic rings. The summed E-state index contributed by atoms with van der Waals surface area (Å²) in [6.45, 7) is 2.24. The van der Waals surface area contributed by atoms with E-state index in [9.17, 15) is 4.79 Å². The Labute approximate surface area is 91.5 Å². The summed E-state index contributed by atoms with van der Waals surface area (Å²) in [5.41, 5.74) is 0.0379. The molecule has 86 valence electrons. The Kier molecular flexibility index (Phi) is 3.29. The zero-order valence-electron chi connectivity index (χ0n) is 9.37. The van der Waals surface area contributed by atoms with Gasteiger partial charge in [0, 0.05) is 5.54 Å². The summed E-state index contributed by atoms with van der Waals surface area (Å²) >= 11 is 0. The molecule has 3 heteroatoms. The highest BCUT2D eigenvalue weighted by atomic mass is 16.4. The lowest BCUT2D eigenvalue weighted by Crippen LogP contribution is -2.55. The second-order valence-electron chi connectivity index (χ2n) is 5.05. The Morgan fingerprint density at radius 1 is 1.07 bits per heavy atom. The minimum atomic E-state index is -0.626. The van der Waals surface area contributed by atoms with Crippen LogP contribution in [0, 0.1) is 0 Å². The number of aliphatic carboxylic acids is 1. The highest BCUT2D eigenvalue weighted by Gasteiger charge is 2.43. The summed E-state index contributed by atoms with van der Waals surface area (Å²) in [5, 5.41) is 8.99. The maximum atomic E-state index is 10.9. The molecular formula is C12H21NO2. The number of carboxylic acid groups (broad SMARTS) is 1. The number of nitrogens with zero attached hydrogens (tertiary/aromatic N) is 1. The van der Waals surface area contributed by atoms with E-state index in [0.29, 0.717) is 6.42 Å². The molecule has 0 aromatic heterocycles. The number of rotatable bonds is 3. The van der Waals surface area contributed by atoms with Gasteiger partial charge in [0.1, 0.15) is 0 Å². The molecule has 1 aliphatic heterocycles. The van der Waals surface area contributed by atoms with Crippen molar-refractivity contribution in [3.63, 3.8) is 0 Å². The van der Waals surface area contributed by atoms with Gasteiger partial charge in [-0.15, -0.1) is 0 Å². The standard InChI is InChI=1S/C12H21NO2/c14-11(15)10-12(6-5-7-12)13-8-3-1-2-4-9-13/h1-10H2,(H,14,15). The van der Waals surface area contributed by atoms with E-state index in [2.05, 4.69) is 4.90 Å². The zero-order valence-corrected chi connectivity index (χ0v) is 9.37. The molecule has 0 spiro atoms. The van der Waals surface area contributed by atoms with E-state index in [0.717, 1.165) is 25.9 Å². The third-order valence-electron chi connectivity index (χ3n) is 4.04. The molecule has 15 heavy (non-hydrogen) atoms.